The molecule has 0 aliphatic carbocycles. The minimum absolute atomic E-state index is 0.249. The fourth-order valence-electron chi connectivity index (χ4n) is 4.87. The SMILES string of the molecule is NNCC1(O)C2CN3CCN(C2)CC1(c1ccccc1)C3. The zero-order valence-electron chi connectivity index (χ0n) is 12.3. The molecule has 0 amide bonds. The van der Waals surface area contributed by atoms with Crippen LogP contribution in [-0.2, 0) is 5.41 Å². The number of piperidine rings is 2. The van der Waals surface area contributed by atoms with Crippen molar-refractivity contribution in [3.63, 3.8) is 0 Å². The normalized spacial score (nSPS) is 44.8. The third-order valence-corrected chi connectivity index (χ3v) is 5.88. The smallest absolute Gasteiger partial charge is 0.0958 e. The van der Waals surface area contributed by atoms with Crippen molar-refractivity contribution in [2.24, 2.45) is 11.8 Å². The van der Waals surface area contributed by atoms with Gasteiger partial charge in [0.05, 0.1) is 11.0 Å². The van der Waals surface area contributed by atoms with Gasteiger partial charge in [0.15, 0.2) is 0 Å². The number of rotatable bonds is 3. The van der Waals surface area contributed by atoms with Gasteiger partial charge < -0.3 is 14.9 Å². The molecule has 5 rings (SSSR count). The molecule has 0 saturated carbocycles. The van der Waals surface area contributed by atoms with Crippen LogP contribution in [0.25, 0.3) is 0 Å². The van der Waals surface area contributed by atoms with Crippen LogP contribution >= 0.6 is 0 Å². The first-order valence-corrected chi connectivity index (χ1v) is 7.84. The van der Waals surface area contributed by atoms with Gasteiger partial charge in [-0.25, -0.2) is 0 Å². The van der Waals surface area contributed by atoms with Gasteiger partial charge in [-0.1, -0.05) is 30.3 Å². The molecule has 4 N–H and O–H groups in total. The van der Waals surface area contributed by atoms with E-state index in [2.05, 4.69) is 39.5 Å². The maximum Gasteiger partial charge on any atom is 0.0958 e. The van der Waals surface area contributed by atoms with Crippen molar-refractivity contribution in [1.82, 2.24) is 15.2 Å². The van der Waals surface area contributed by atoms with Crippen LogP contribution in [0.5, 0.6) is 0 Å². The highest BCUT2D eigenvalue weighted by molar-refractivity contribution is 5.36. The molecular formula is C16H24N4O. The Kier molecular flexibility index (Phi) is 3.10. The van der Waals surface area contributed by atoms with Gasteiger partial charge in [-0.2, -0.15) is 0 Å². The third kappa shape index (κ3) is 1.82. The summed E-state index contributed by atoms with van der Waals surface area (Å²) >= 11 is 0. The monoisotopic (exact) mass is 288 g/mol. The van der Waals surface area contributed by atoms with E-state index in [9.17, 15) is 5.11 Å². The molecule has 21 heavy (non-hydrogen) atoms. The molecule has 3 unspecified atom stereocenters. The summed E-state index contributed by atoms with van der Waals surface area (Å²) in [5.74, 6) is 5.88. The Morgan fingerprint density at radius 3 is 2.33 bits per heavy atom. The van der Waals surface area contributed by atoms with Gasteiger partial charge in [-0.15, -0.1) is 0 Å². The lowest BCUT2D eigenvalue weighted by atomic mass is 9.57. The second kappa shape index (κ2) is 4.76. The molecule has 4 bridgehead atoms. The Hall–Kier alpha value is -0.980. The minimum atomic E-state index is -0.777. The molecule has 114 valence electrons. The molecule has 4 aliphatic rings. The number of hydrazine groups is 1. The molecule has 5 heteroatoms. The van der Waals surface area contributed by atoms with E-state index in [1.165, 1.54) is 5.56 Å². The number of nitrogens with zero attached hydrogens (tertiary/aromatic N) is 2. The van der Waals surface area contributed by atoms with Gasteiger partial charge in [0, 0.05) is 51.7 Å². The first-order valence-electron chi connectivity index (χ1n) is 7.84. The second-order valence-corrected chi connectivity index (χ2v) is 6.92. The number of fused-ring (bicyclic) bond motifs is 1. The van der Waals surface area contributed by atoms with Crippen molar-refractivity contribution in [3.8, 4) is 0 Å². The fraction of sp³-hybridized carbons (Fsp3) is 0.625. The van der Waals surface area contributed by atoms with Crippen LogP contribution < -0.4 is 11.3 Å². The van der Waals surface area contributed by atoms with Crippen LogP contribution in [0.4, 0.5) is 0 Å². The lowest BCUT2D eigenvalue weighted by molar-refractivity contribution is -0.158. The largest absolute Gasteiger partial charge is 0.387 e. The summed E-state index contributed by atoms with van der Waals surface area (Å²) in [6, 6.07) is 10.5. The zero-order valence-corrected chi connectivity index (χ0v) is 12.3. The van der Waals surface area contributed by atoms with Crippen molar-refractivity contribution in [1.29, 1.82) is 0 Å². The predicted octanol–water partition coefficient (Wildman–Crippen LogP) is -0.620. The number of hydrogen-bond acceptors (Lipinski definition) is 5. The molecule has 4 heterocycles. The van der Waals surface area contributed by atoms with Crippen molar-refractivity contribution < 1.29 is 5.11 Å². The molecule has 5 nitrogen and oxygen atoms in total. The highest BCUT2D eigenvalue weighted by Crippen LogP contribution is 2.49. The van der Waals surface area contributed by atoms with Crippen LogP contribution in [-0.4, -0.2) is 66.3 Å². The third-order valence-electron chi connectivity index (χ3n) is 5.88. The topological polar surface area (TPSA) is 64.8 Å². The number of nitrogens with one attached hydrogen (secondary N) is 1. The van der Waals surface area contributed by atoms with Crippen molar-refractivity contribution in [2.45, 2.75) is 11.0 Å². The lowest BCUT2D eigenvalue weighted by Gasteiger charge is -2.60. The van der Waals surface area contributed by atoms with Crippen LogP contribution in [0, 0.1) is 5.92 Å². The van der Waals surface area contributed by atoms with Crippen molar-refractivity contribution in [2.75, 3.05) is 45.8 Å². The number of nitrogens with two attached hydrogens (primary N) is 1. The van der Waals surface area contributed by atoms with Gasteiger partial charge in [0.1, 0.15) is 0 Å². The summed E-state index contributed by atoms with van der Waals surface area (Å²) in [5, 5.41) is 11.6. The Bertz CT molecular complexity index is 506. The fourth-order valence-corrected chi connectivity index (χ4v) is 4.87. The van der Waals surface area contributed by atoms with E-state index in [4.69, 9.17) is 5.84 Å². The summed E-state index contributed by atoms with van der Waals surface area (Å²) in [6.45, 7) is 6.46. The van der Waals surface area contributed by atoms with Crippen molar-refractivity contribution in [3.05, 3.63) is 35.9 Å². The number of benzene rings is 1. The molecule has 4 fully saturated rings. The number of aliphatic hydroxyl groups is 1. The highest BCUT2D eigenvalue weighted by atomic mass is 16.3. The zero-order chi connectivity index (χ0) is 14.5. The first kappa shape index (κ1) is 13.7. The Morgan fingerprint density at radius 2 is 1.76 bits per heavy atom. The molecule has 4 aliphatic heterocycles. The maximum atomic E-state index is 11.6. The average molecular weight is 288 g/mol. The van der Waals surface area contributed by atoms with Gasteiger partial charge in [0.2, 0.25) is 0 Å². The molecule has 0 spiro atoms. The number of hydrogen-bond donors (Lipinski definition) is 3. The molecule has 0 radical (unpaired) electrons. The maximum absolute atomic E-state index is 11.6. The molecular weight excluding hydrogens is 264 g/mol. The summed E-state index contributed by atoms with van der Waals surface area (Å²) in [5.41, 5.74) is 2.97. The van der Waals surface area contributed by atoms with E-state index in [-0.39, 0.29) is 11.3 Å². The Morgan fingerprint density at radius 1 is 1.14 bits per heavy atom. The van der Waals surface area contributed by atoms with E-state index in [0.717, 1.165) is 39.3 Å². The van der Waals surface area contributed by atoms with E-state index in [0.29, 0.717) is 6.54 Å². The average Bonchev–Trinajstić information content (AvgIpc) is 2.75. The second-order valence-electron chi connectivity index (χ2n) is 6.92. The standard InChI is InChI=1S/C16H24N4O/c17-18-10-16(21)14-8-19-6-7-20(9-14)12-15(16,11-19)13-4-2-1-3-5-13/h1-5,14,18,21H,6-12,17H2. The summed E-state index contributed by atoms with van der Waals surface area (Å²) in [6.07, 6.45) is 0. The van der Waals surface area contributed by atoms with Crippen LogP contribution in [0.2, 0.25) is 0 Å². The summed E-state index contributed by atoms with van der Waals surface area (Å²) < 4.78 is 0. The molecule has 3 atom stereocenters. The van der Waals surface area contributed by atoms with Gasteiger partial charge >= 0.3 is 0 Å². The molecule has 1 aromatic carbocycles. The minimum Gasteiger partial charge on any atom is -0.387 e. The lowest BCUT2D eigenvalue weighted by Crippen LogP contribution is -2.76. The molecule has 1 aromatic rings. The summed E-state index contributed by atoms with van der Waals surface area (Å²) in [4.78, 5) is 5.05. The molecule has 4 saturated heterocycles. The Labute approximate surface area is 125 Å². The van der Waals surface area contributed by atoms with E-state index >= 15 is 0 Å². The summed E-state index contributed by atoms with van der Waals surface area (Å²) in [7, 11) is 0. The first-order chi connectivity index (χ1) is 10.2. The quantitative estimate of drug-likeness (QED) is 0.511. The van der Waals surface area contributed by atoms with Crippen LogP contribution in [0.15, 0.2) is 30.3 Å². The van der Waals surface area contributed by atoms with Gasteiger partial charge in [-0.3, -0.25) is 11.3 Å². The van der Waals surface area contributed by atoms with Crippen LogP contribution in [0.1, 0.15) is 5.56 Å². The van der Waals surface area contributed by atoms with E-state index < -0.39 is 5.60 Å². The van der Waals surface area contributed by atoms with E-state index in [1.54, 1.807) is 0 Å². The van der Waals surface area contributed by atoms with E-state index in [1.807, 2.05) is 6.07 Å². The predicted molar refractivity (Wildman–Crippen MR) is 81.6 cm³/mol. The Balaban J connectivity index is 1.87. The highest BCUT2D eigenvalue weighted by Gasteiger charge is 2.63. The van der Waals surface area contributed by atoms with Gasteiger partial charge in [-0.05, 0) is 5.56 Å². The molecule has 0 aromatic heterocycles. The van der Waals surface area contributed by atoms with Crippen molar-refractivity contribution >= 4 is 0 Å². The van der Waals surface area contributed by atoms with Crippen LogP contribution in [0.3, 0.4) is 0 Å². The van der Waals surface area contributed by atoms with Gasteiger partial charge in [0.25, 0.3) is 0 Å².